The molecule has 0 aromatic heterocycles. The molecule has 3 saturated carbocycles. The highest BCUT2D eigenvalue weighted by Gasteiger charge is 2.68. The van der Waals surface area contributed by atoms with Crippen LogP contribution in [0.4, 0.5) is 0 Å². The highest BCUT2D eigenvalue weighted by atomic mass is 16.7. The molecule has 10 atom stereocenters. The van der Waals surface area contributed by atoms with Gasteiger partial charge in [-0.1, -0.05) is 96.0 Å². The molecule has 3 amide bonds. The molecule has 3 aliphatic carbocycles. The van der Waals surface area contributed by atoms with Crippen molar-refractivity contribution in [2.75, 3.05) is 6.54 Å². The third kappa shape index (κ3) is 14.3. The lowest BCUT2D eigenvalue weighted by atomic mass is 9.43. The number of Topliss-reactive ketones (excluding diaryl/α,β-unsaturated/α-hetero) is 4. The molecule has 0 spiro atoms. The Kier molecular flexibility index (Phi) is 20.1. The molecule has 14 nitrogen and oxygen atoms in total. The monoisotopic (exact) mass is 955 g/mol. The number of amides is 3. The molecule has 2 bridgehead atoms. The maximum absolute atomic E-state index is 13.8. The second-order valence-corrected chi connectivity index (χ2v) is 21.1. The van der Waals surface area contributed by atoms with Gasteiger partial charge in [0.15, 0.2) is 17.3 Å². The zero-order valence-corrected chi connectivity index (χ0v) is 42.2. The molecule has 1 saturated heterocycles. The minimum atomic E-state index is -1.39. The quantitative estimate of drug-likeness (QED) is 0.0303. The van der Waals surface area contributed by atoms with Gasteiger partial charge in [-0.05, 0) is 112 Å². The van der Waals surface area contributed by atoms with Gasteiger partial charge < -0.3 is 36.5 Å². The van der Waals surface area contributed by atoms with Crippen LogP contribution in [0.2, 0.25) is 5.82 Å². The lowest BCUT2D eigenvalue weighted by Crippen LogP contribution is -2.65. The summed E-state index contributed by atoms with van der Waals surface area (Å²) in [5.74, 6) is -4.63. The highest BCUT2D eigenvalue weighted by molar-refractivity contribution is 6.47. The van der Waals surface area contributed by atoms with Crippen molar-refractivity contribution in [3.63, 3.8) is 0 Å². The van der Waals surface area contributed by atoms with Crippen LogP contribution in [0.5, 0.6) is 0 Å². The average molecular weight is 955 g/mol. The van der Waals surface area contributed by atoms with E-state index in [9.17, 15) is 38.7 Å². The van der Waals surface area contributed by atoms with E-state index in [1.807, 2.05) is 19.1 Å². The van der Waals surface area contributed by atoms with E-state index in [2.05, 4.69) is 62.6 Å². The molecule has 69 heavy (non-hydrogen) atoms. The van der Waals surface area contributed by atoms with Crippen LogP contribution >= 0.6 is 0 Å². The number of nitrogens with two attached hydrogens (primary N) is 2. The van der Waals surface area contributed by atoms with E-state index in [4.69, 9.17) is 20.8 Å². The van der Waals surface area contributed by atoms with Crippen molar-refractivity contribution >= 4 is 48.0 Å². The van der Waals surface area contributed by atoms with Gasteiger partial charge in [0.2, 0.25) is 17.7 Å². The van der Waals surface area contributed by atoms with E-state index in [-0.39, 0.29) is 67.4 Å². The van der Waals surface area contributed by atoms with Gasteiger partial charge in [0, 0.05) is 49.5 Å². The first-order chi connectivity index (χ1) is 32.7. The molecule has 1 heterocycles. The molecule has 2 aromatic carbocycles. The van der Waals surface area contributed by atoms with Crippen molar-refractivity contribution < 1.29 is 48.0 Å². The second-order valence-electron chi connectivity index (χ2n) is 21.1. The van der Waals surface area contributed by atoms with E-state index in [0.29, 0.717) is 49.6 Å². The lowest BCUT2D eigenvalue weighted by molar-refractivity contribution is -0.199. The van der Waals surface area contributed by atoms with Crippen LogP contribution in [0.3, 0.4) is 0 Å². The molecule has 2 aromatic rings. The van der Waals surface area contributed by atoms with Crippen molar-refractivity contribution in [2.24, 2.45) is 40.6 Å². The minimum Gasteiger partial charge on any atom is -0.405 e. The number of aliphatic hydroxyl groups is 1. The number of nitrogens with one attached hydrogen (secondary N) is 2. The Labute approximate surface area is 410 Å². The van der Waals surface area contributed by atoms with Crippen LogP contribution in [0.1, 0.15) is 161 Å². The molecular formula is C54H79BN4O10. The first kappa shape index (κ1) is 55.4. The van der Waals surface area contributed by atoms with Crippen LogP contribution in [0, 0.1) is 29.1 Å². The fourth-order valence-corrected chi connectivity index (χ4v) is 10.9. The third-order valence-electron chi connectivity index (χ3n) is 15.5. The van der Waals surface area contributed by atoms with Crippen molar-refractivity contribution in [3.8, 4) is 11.1 Å². The Morgan fingerprint density at radius 1 is 0.783 bits per heavy atom. The van der Waals surface area contributed by atoms with Gasteiger partial charge in [-0.3, -0.25) is 33.6 Å². The molecule has 6 rings (SSSR count). The normalized spacial score (nSPS) is 22.7. The number of benzene rings is 2. The van der Waals surface area contributed by atoms with Crippen molar-refractivity contribution in [2.45, 2.75) is 187 Å². The van der Waals surface area contributed by atoms with Gasteiger partial charge in [0.25, 0.3) is 0 Å². The van der Waals surface area contributed by atoms with E-state index < -0.39 is 78.5 Å². The molecule has 378 valence electrons. The van der Waals surface area contributed by atoms with E-state index in [1.165, 1.54) is 12.5 Å². The standard InChI is InChI=1S/C54H79BN4O10/c1-8-10-14-35-18-20-37(21-19-35)38-22-24-39(25-23-38)44(62)17-13-16-42(61)28-40(15-11-12-26-56)52(67)59-50(34(4)60)46(64)29-36(9-2)51(66)58-43(32-49(57)65)45(63)27-33(3)55-68-48-31-41-30-47(53(41,5)6)54(48,7)69-55/h18-25,33-34,36,40-41,43,47-48,50,60H,8-17,26-32,56H2,1-7H3,(H2,57,65)(H,58,66)(H,59,67)/t33-,34?,36-,40-,41+,43+,47+,48-,50+,54+/m1/s1. The van der Waals surface area contributed by atoms with Crippen LogP contribution in [0.15, 0.2) is 48.5 Å². The first-order valence-corrected chi connectivity index (χ1v) is 25.6. The zero-order valence-electron chi connectivity index (χ0n) is 42.2. The zero-order chi connectivity index (χ0) is 50.6. The van der Waals surface area contributed by atoms with Gasteiger partial charge in [0.1, 0.15) is 11.8 Å². The van der Waals surface area contributed by atoms with Crippen LogP contribution in [-0.2, 0) is 44.5 Å². The number of carbonyl (C=O) groups excluding carboxylic acids is 7. The third-order valence-corrected chi connectivity index (χ3v) is 15.5. The molecular weight excluding hydrogens is 875 g/mol. The summed E-state index contributed by atoms with van der Waals surface area (Å²) in [5.41, 5.74) is 14.9. The summed E-state index contributed by atoms with van der Waals surface area (Å²) in [6.07, 6.45) is 5.09. The van der Waals surface area contributed by atoms with Gasteiger partial charge in [-0.15, -0.1) is 0 Å². The molecule has 7 N–H and O–H groups in total. The number of hydrogen-bond acceptors (Lipinski definition) is 11. The van der Waals surface area contributed by atoms with Crippen molar-refractivity contribution in [3.05, 3.63) is 59.7 Å². The summed E-state index contributed by atoms with van der Waals surface area (Å²) in [6.45, 7) is 14.1. The second kappa shape index (κ2) is 25.0. The minimum absolute atomic E-state index is 0.0496. The first-order valence-electron chi connectivity index (χ1n) is 25.6. The molecule has 0 radical (unpaired) electrons. The molecule has 4 fully saturated rings. The summed E-state index contributed by atoms with van der Waals surface area (Å²) < 4.78 is 12.9. The topological polar surface area (TPSA) is 234 Å². The molecule has 4 aliphatic rings. The lowest BCUT2D eigenvalue weighted by Gasteiger charge is -2.64. The summed E-state index contributed by atoms with van der Waals surface area (Å²) in [6, 6.07) is 13.3. The molecule has 1 unspecified atom stereocenters. The number of aryl methyl sites for hydroxylation is 1. The Morgan fingerprint density at radius 3 is 2.03 bits per heavy atom. The Bertz CT molecular complexity index is 2110. The molecule has 1 aliphatic heterocycles. The fourth-order valence-electron chi connectivity index (χ4n) is 10.9. The maximum atomic E-state index is 13.8. The van der Waals surface area contributed by atoms with Crippen molar-refractivity contribution in [1.29, 1.82) is 0 Å². The SMILES string of the molecule is CCCCc1ccc(-c2ccc(C(=O)CCCC(=O)C[C@@H](CCCCN)C(=O)N[C@H](C(=O)C[C@@H](CC)C(=O)N[C@@H](CC(N)=O)C(=O)C[C@@H](C)B3O[C@@H]4C[C@@H]5C[C@@H](C5(C)C)[C@]4(C)O3)C(C)O)cc2)cc1. The fraction of sp³-hybridized carbons (Fsp3) is 0.648. The van der Waals surface area contributed by atoms with E-state index in [1.54, 1.807) is 19.1 Å². The van der Waals surface area contributed by atoms with Crippen LogP contribution in [-0.4, -0.2) is 89.5 Å². The smallest absolute Gasteiger partial charge is 0.405 e. The predicted molar refractivity (Wildman–Crippen MR) is 267 cm³/mol. The van der Waals surface area contributed by atoms with Crippen molar-refractivity contribution in [1.82, 2.24) is 10.6 Å². The summed E-state index contributed by atoms with van der Waals surface area (Å²) in [5, 5.41) is 16.1. The number of aliphatic hydroxyl groups excluding tert-OH is 1. The van der Waals surface area contributed by atoms with Gasteiger partial charge in [0.05, 0.1) is 30.3 Å². The van der Waals surface area contributed by atoms with Gasteiger partial charge in [-0.2, -0.15) is 0 Å². The van der Waals surface area contributed by atoms with E-state index >= 15 is 0 Å². The number of carbonyl (C=O) groups is 7. The number of rotatable bonds is 30. The number of unbranched alkanes of at least 4 members (excludes halogenated alkanes) is 2. The Morgan fingerprint density at radius 2 is 1.43 bits per heavy atom. The largest absolute Gasteiger partial charge is 0.461 e. The van der Waals surface area contributed by atoms with Gasteiger partial charge in [-0.25, -0.2) is 0 Å². The predicted octanol–water partition coefficient (Wildman–Crippen LogP) is 7.04. The molecule has 15 heteroatoms. The summed E-state index contributed by atoms with van der Waals surface area (Å²) >= 11 is 0. The number of ketones is 4. The summed E-state index contributed by atoms with van der Waals surface area (Å²) in [4.78, 5) is 93.6. The summed E-state index contributed by atoms with van der Waals surface area (Å²) in [7, 11) is -0.634. The van der Waals surface area contributed by atoms with Crippen LogP contribution in [0.25, 0.3) is 11.1 Å². The number of hydrogen-bond donors (Lipinski definition) is 5. The Hall–Kier alpha value is -4.57. The van der Waals surface area contributed by atoms with Gasteiger partial charge >= 0.3 is 7.12 Å². The highest BCUT2D eigenvalue weighted by Crippen LogP contribution is 2.66. The Balaban J connectivity index is 1.12. The van der Waals surface area contributed by atoms with E-state index in [0.717, 1.165) is 43.2 Å². The maximum Gasteiger partial charge on any atom is 0.461 e. The number of primary amides is 1. The average Bonchev–Trinajstić information content (AvgIpc) is 3.68. The van der Waals surface area contributed by atoms with Crippen LogP contribution < -0.4 is 22.1 Å².